The maximum absolute atomic E-state index is 9.75. The van der Waals surface area contributed by atoms with E-state index in [1.807, 2.05) is 11.7 Å². The molecule has 1 aliphatic heterocycles. The molecule has 1 aliphatic carbocycles. The summed E-state index contributed by atoms with van der Waals surface area (Å²) >= 11 is 6.28. The molecule has 0 saturated carbocycles. The summed E-state index contributed by atoms with van der Waals surface area (Å²) in [7, 11) is 2.02. The van der Waals surface area contributed by atoms with Crippen LogP contribution in [0.2, 0.25) is 5.15 Å². The van der Waals surface area contributed by atoms with E-state index in [2.05, 4.69) is 28.7 Å². The molecule has 3 heterocycles. The third-order valence-electron chi connectivity index (χ3n) is 5.66. The van der Waals surface area contributed by atoms with Gasteiger partial charge in [0, 0.05) is 30.8 Å². The number of aliphatic hydroxyl groups is 1. The zero-order chi connectivity index (χ0) is 18.6. The van der Waals surface area contributed by atoms with Gasteiger partial charge in [0.05, 0.1) is 18.8 Å². The van der Waals surface area contributed by atoms with Crippen molar-refractivity contribution in [1.29, 1.82) is 0 Å². The Morgan fingerprint density at radius 2 is 2.12 bits per heavy atom. The zero-order valence-electron chi connectivity index (χ0n) is 15.5. The molecule has 4 rings (SSSR count). The van der Waals surface area contributed by atoms with Gasteiger partial charge in [0.15, 0.2) is 0 Å². The summed E-state index contributed by atoms with van der Waals surface area (Å²) in [5.41, 5.74) is 10.7. The Kier molecular flexibility index (Phi) is 4.11. The Morgan fingerprint density at radius 3 is 2.85 bits per heavy atom. The van der Waals surface area contributed by atoms with Gasteiger partial charge < -0.3 is 15.7 Å². The molecule has 8 heteroatoms. The Labute approximate surface area is 158 Å². The number of anilines is 2. The fourth-order valence-corrected chi connectivity index (χ4v) is 4.58. The van der Waals surface area contributed by atoms with Gasteiger partial charge in [-0.1, -0.05) is 25.4 Å². The van der Waals surface area contributed by atoms with E-state index in [0.29, 0.717) is 23.7 Å². The number of nitrogens with zero attached hydrogens (tertiary/aromatic N) is 5. The normalized spacial score (nSPS) is 21.0. The van der Waals surface area contributed by atoms with Crippen LogP contribution in [0.5, 0.6) is 0 Å². The highest BCUT2D eigenvalue weighted by Crippen LogP contribution is 2.41. The van der Waals surface area contributed by atoms with Crippen LogP contribution in [-0.2, 0) is 26.4 Å². The monoisotopic (exact) mass is 376 g/mol. The number of aromatic nitrogens is 4. The maximum atomic E-state index is 9.75. The standard InChI is InChI=1S/C18H25ClN6O/c1-18(2)5-4-11-12(23-24(3)13(11)6-18)8-25-7-10(9-26)14-15(19)21-17(20)22-16(14)25/h10,26H,4-9H2,1-3H3,(H2,20,21,22). The van der Waals surface area contributed by atoms with Crippen LogP contribution in [0.1, 0.15) is 48.7 Å². The first-order valence-electron chi connectivity index (χ1n) is 9.01. The van der Waals surface area contributed by atoms with Crippen molar-refractivity contribution in [2.75, 3.05) is 23.8 Å². The van der Waals surface area contributed by atoms with Gasteiger partial charge in [-0.15, -0.1) is 0 Å². The van der Waals surface area contributed by atoms with Gasteiger partial charge in [-0.05, 0) is 30.2 Å². The number of rotatable bonds is 3. The topological polar surface area (TPSA) is 93.1 Å². The first kappa shape index (κ1) is 17.5. The summed E-state index contributed by atoms with van der Waals surface area (Å²) in [6, 6.07) is 0. The lowest BCUT2D eigenvalue weighted by molar-refractivity contribution is 0.270. The molecule has 0 spiro atoms. The fourth-order valence-electron chi connectivity index (χ4n) is 4.26. The summed E-state index contributed by atoms with van der Waals surface area (Å²) < 4.78 is 2.02. The molecule has 2 aromatic heterocycles. The van der Waals surface area contributed by atoms with Gasteiger partial charge in [-0.25, -0.2) is 4.98 Å². The van der Waals surface area contributed by atoms with Crippen LogP contribution in [0.4, 0.5) is 11.8 Å². The van der Waals surface area contributed by atoms with E-state index in [4.69, 9.17) is 22.4 Å². The predicted molar refractivity (Wildman–Crippen MR) is 101 cm³/mol. The Morgan fingerprint density at radius 1 is 1.35 bits per heavy atom. The van der Waals surface area contributed by atoms with Gasteiger partial charge in [0.2, 0.25) is 5.95 Å². The van der Waals surface area contributed by atoms with Crippen molar-refractivity contribution in [3.63, 3.8) is 0 Å². The van der Waals surface area contributed by atoms with E-state index in [9.17, 15) is 5.11 Å². The maximum Gasteiger partial charge on any atom is 0.223 e. The molecule has 1 atom stereocenters. The molecular weight excluding hydrogens is 352 g/mol. The van der Waals surface area contributed by atoms with Gasteiger partial charge >= 0.3 is 0 Å². The summed E-state index contributed by atoms with van der Waals surface area (Å²) in [5.74, 6) is 0.774. The largest absolute Gasteiger partial charge is 0.396 e. The minimum atomic E-state index is -0.100. The van der Waals surface area contributed by atoms with Crippen LogP contribution in [0, 0.1) is 5.41 Å². The summed E-state index contributed by atoms with van der Waals surface area (Å²) in [6.45, 7) is 5.91. The first-order chi connectivity index (χ1) is 12.3. The third-order valence-corrected chi connectivity index (χ3v) is 5.95. The predicted octanol–water partition coefficient (Wildman–Crippen LogP) is 2.06. The van der Waals surface area contributed by atoms with Gasteiger partial charge in [-0.3, -0.25) is 4.68 Å². The van der Waals surface area contributed by atoms with E-state index in [0.717, 1.165) is 36.3 Å². The quantitative estimate of drug-likeness (QED) is 0.796. The Balaban J connectivity index is 1.68. The number of halogens is 1. The molecule has 0 fully saturated rings. The second-order valence-electron chi connectivity index (χ2n) is 8.21. The van der Waals surface area contributed by atoms with Crippen molar-refractivity contribution in [3.8, 4) is 0 Å². The number of fused-ring (bicyclic) bond motifs is 2. The van der Waals surface area contributed by atoms with Crippen molar-refractivity contribution >= 4 is 23.4 Å². The van der Waals surface area contributed by atoms with Crippen molar-refractivity contribution in [1.82, 2.24) is 19.7 Å². The van der Waals surface area contributed by atoms with Crippen LogP contribution >= 0.6 is 11.6 Å². The molecule has 3 N–H and O–H groups in total. The van der Waals surface area contributed by atoms with Crippen LogP contribution in [-0.4, -0.2) is 38.0 Å². The molecule has 2 aliphatic rings. The second-order valence-corrected chi connectivity index (χ2v) is 8.56. The Bertz CT molecular complexity index is 862. The average molecular weight is 377 g/mol. The van der Waals surface area contributed by atoms with Crippen LogP contribution in [0.15, 0.2) is 0 Å². The molecule has 7 nitrogen and oxygen atoms in total. The van der Waals surface area contributed by atoms with E-state index in [1.54, 1.807) is 0 Å². The van der Waals surface area contributed by atoms with E-state index >= 15 is 0 Å². The molecule has 140 valence electrons. The first-order valence-corrected chi connectivity index (χ1v) is 9.39. The SMILES string of the molecule is Cn1nc(CN2CC(CO)c3c(Cl)nc(N)nc32)c2c1CC(C)(C)CC2. The van der Waals surface area contributed by atoms with Gasteiger partial charge in [0.1, 0.15) is 11.0 Å². The third kappa shape index (κ3) is 2.83. The highest BCUT2D eigenvalue weighted by Gasteiger charge is 2.35. The molecule has 0 aromatic carbocycles. The number of nitrogen functional groups attached to an aromatic ring is 1. The fraction of sp³-hybridized carbons (Fsp3) is 0.611. The summed E-state index contributed by atoms with van der Waals surface area (Å²) in [4.78, 5) is 10.6. The van der Waals surface area contributed by atoms with Crippen molar-refractivity contribution in [2.45, 2.75) is 45.6 Å². The molecular formula is C18H25ClN6O. The lowest BCUT2D eigenvalue weighted by atomic mass is 9.76. The average Bonchev–Trinajstić information content (AvgIpc) is 3.05. The van der Waals surface area contributed by atoms with E-state index in [1.165, 1.54) is 11.3 Å². The highest BCUT2D eigenvalue weighted by atomic mass is 35.5. The number of aliphatic hydroxyl groups excluding tert-OH is 1. The van der Waals surface area contributed by atoms with Crippen molar-refractivity contribution < 1.29 is 5.11 Å². The molecule has 1 unspecified atom stereocenters. The summed E-state index contributed by atoms with van der Waals surface area (Å²) in [6.07, 6.45) is 3.25. The highest BCUT2D eigenvalue weighted by molar-refractivity contribution is 6.30. The van der Waals surface area contributed by atoms with Crippen molar-refractivity contribution in [3.05, 3.63) is 27.7 Å². The molecule has 0 amide bonds. The molecule has 0 bridgehead atoms. The number of hydrogen-bond donors (Lipinski definition) is 2. The lowest BCUT2D eigenvalue weighted by Crippen LogP contribution is -2.26. The molecule has 2 aromatic rings. The number of hydrogen-bond acceptors (Lipinski definition) is 6. The van der Waals surface area contributed by atoms with E-state index in [-0.39, 0.29) is 18.5 Å². The zero-order valence-corrected chi connectivity index (χ0v) is 16.2. The molecule has 0 saturated heterocycles. The molecule has 0 radical (unpaired) electrons. The second kappa shape index (κ2) is 6.09. The van der Waals surface area contributed by atoms with Crippen LogP contribution in [0.25, 0.3) is 0 Å². The van der Waals surface area contributed by atoms with Gasteiger partial charge in [-0.2, -0.15) is 10.1 Å². The smallest absolute Gasteiger partial charge is 0.223 e. The lowest BCUT2D eigenvalue weighted by Gasteiger charge is -2.30. The number of nitrogens with two attached hydrogens (primary N) is 1. The van der Waals surface area contributed by atoms with Crippen molar-refractivity contribution in [2.24, 2.45) is 12.5 Å². The van der Waals surface area contributed by atoms with E-state index < -0.39 is 0 Å². The minimum Gasteiger partial charge on any atom is -0.396 e. The summed E-state index contributed by atoms with van der Waals surface area (Å²) in [5, 5.41) is 14.9. The number of aryl methyl sites for hydroxylation is 1. The van der Waals surface area contributed by atoms with Crippen LogP contribution < -0.4 is 10.6 Å². The minimum absolute atomic E-state index is 0.00497. The van der Waals surface area contributed by atoms with Crippen LogP contribution in [0.3, 0.4) is 0 Å². The molecule has 26 heavy (non-hydrogen) atoms. The van der Waals surface area contributed by atoms with Gasteiger partial charge in [0.25, 0.3) is 0 Å². The Hall–Kier alpha value is -1.86.